The summed E-state index contributed by atoms with van der Waals surface area (Å²) >= 11 is 0. The number of likely N-dealkylation sites (N-methyl/N-ethyl adjacent to an activating group) is 1. The van der Waals surface area contributed by atoms with Crippen LogP contribution in [0.3, 0.4) is 0 Å². The van der Waals surface area contributed by atoms with Gasteiger partial charge in [-0.2, -0.15) is 0 Å². The largest absolute Gasteiger partial charge is 0.329 e. The third-order valence-corrected chi connectivity index (χ3v) is 3.73. The Morgan fingerprint density at radius 1 is 1.17 bits per heavy atom. The minimum atomic E-state index is 0.336. The van der Waals surface area contributed by atoms with Crippen molar-refractivity contribution < 1.29 is 0 Å². The first-order chi connectivity index (χ1) is 8.45. The predicted molar refractivity (Wildman–Crippen MR) is 79.8 cm³/mol. The van der Waals surface area contributed by atoms with Crippen LogP contribution in [-0.4, -0.2) is 25.0 Å². The van der Waals surface area contributed by atoms with E-state index in [9.17, 15) is 0 Å². The lowest BCUT2D eigenvalue weighted by atomic mass is 9.99. The Kier molecular flexibility index (Phi) is 5.83. The molecule has 0 saturated carbocycles. The molecule has 0 radical (unpaired) electrons. The number of aryl methyl sites for hydroxylation is 2. The normalized spacial score (nSPS) is 13.3. The van der Waals surface area contributed by atoms with E-state index < -0.39 is 0 Å². The lowest BCUT2D eigenvalue weighted by molar-refractivity contribution is 0.236. The van der Waals surface area contributed by atoms with Crippen LogP contribution in [0.2, 0.25) is 0 Å². The van der Waals surface area contributed by atoms with Crippen molar-refractivity contribution in [3.8, 4) is 0 Å². The summed E-state index contributed by atoms with van der Waals surface area (Å²) in [7, 11) is 2.18. The van der Waals surface area contributed by atoms with Crippen LogP contribution >= 0.6 is 0 Å². The zero-order chi connectivity index (χ0) is 13.7. The van der Waals surface area contributed by atoms with E-state index in [1.165, 1.54) is 23.1 Å². The average molecular weight is 248 g/mol. The van der Waals surface area contributed by atoms with Crippen molar-refractivity contribution in [2.75, 3.05) is 20.1 Å². The van der Waals surface area contributed by atoms with Gasteiger partial charge in [0, 0.05) is 12.6 Å². The molecule has 0 aliphatic heterocycles. The molecule has 0 aliphatic carbocycles. The third-order valence-electron chi connectivity index (χ3n) is 3.73. The quantitative estimate of drug-likeness (QED) is 0.837. The molecule has 0 aliphatic rings. The van der Waals surface area contributed by atoms with E-state index in [0.29, 0.717) is 12.6 Å². The Morgan fingerprint density at radius 3 is 2.33 bits per heavy atom. The minimum Gasteiger partial charge on any atom is -0.329 e. The van der Waals surface area contributed by atoms with Crippen LogP contribution in [0.25, 0.3) is 0 Å². The van der Waals surface area contributed by atoms with Crippen molar-refractivity contribution in [2.45, 2.75) is 40.2 Å². The van der Waals surface area contributed by atoms with Gasteiger partial charge in [0.2, 0.25) is 0 Å². The summed E-state index contributed by atoms with van der Waals surface area (Å²) in [5.41, 5.74) is 10.00. The summed E-state index contributed by atoms with van der Waals surface area (Å²) in [4.78, 5) is 2.38. The second-order valence-electron chi connectivity index (χ2n) is 5.76. The van der Waals surface area contributed by atoms with Gasteiger partial charge >= 0.3 is 0 Å². The minimum absolute atomic E-state index is 0.336. The topological polar surface area (TPSA) is 29.3 Å². The summed E-state index contributed by atoms with van der Waals surface area (Å²) in [6.45, 7) is 10.6. The van der Waals surface area contributed by atoms with Crippen molar-refractivity contribution >= 4 is 0 Å². The summed E-state index contributed by atoms with van der Waals surface area (Å²) in [5.74, 6) is 0.741. The smallest absolute Gasteiger partial charge is 0.0467 e. The summed E-state index contributed by atoms with van der Waals surface area (Å²) in [6, 6.07) is 7.02. The van der Waals surface area contributed by atoms with Crippen molar-refractivity contribution in [2.24, 2.45) is 11.7 Å². The molecule has 102 valence electrons. The Labute approximate surface area is 112 Å². The van der Waals surface area contributed by atoms with Crippen LogP contribution in [0.5, 0.6) is 0 Å². The van der Waals surface area contributed by atoms with E-state index in [-0.39, 0.29) is 0 Å². The molecule has 0 saturated heterocycles. The van der Waals surface area contributed by atoms with Crippen molar-refractivity contribution in [3.63, 3.8) is 0 Å². The maximum atomic E-state index is 5.96. The van der Waals surface area contributed by atoms with Gasteiger partial charge in [-0.3, -0.25) is 4.90 Å². The molecule has 0 spiro atoms. The Bertz CT molecular complexity index is 371. The molecule has 0 bridgehead atoms. The maximum Gasteiger partial charge on any atom is 0.0467 e. The molecule has 2 nitrogen and oxygen atoms in total. The SMILES string of the molecule is Cc1ccc(C(CN)N(C)CCC(C)C)cc1C. The van der Waals surface area contributed by atoms with E-state index >= 15 is 0 Å². The van der Waals surface area contributed by atoms with Gasteiger partial charge in [0.15, 0.2) is 0 Å². The molecule has 1 unspecified atom stereocenters. The van der Waals surface area contributed by atoms with Gasteiger partial charge < -0.3 is 5.73 Å². The van der Waals surface area contributed by atoms with Gasteiger partial charge in [-0.25, -0.2) is 0 Å². The molecule has 1 aromatic rings. The first-order valence-electron chi connectivity index (χ1n) is 6.93. The second kappa shape index (κ2) is 6.91. The molecule has 1 rings (SSSR count). The summed E-state index contributed by atoms with van der Waals surface area (Å²) in [6.07, 6.45) is 1.22. The summed E-state index contributed by atoms with van der Waals surface area (Å²) in [5, 5.41) is 0. The van der Waals surface area contributed by atoms with Gasteiger partial charge in [-0.05, 0) is 56.5 Å². The first-order valence-corrected chi connectivity index (χ1v) is 6.93. The van der Waals surface area contributed by atoms with Crippen LogP contribution in [0.15, 0.2) is 18.2 Å². The van der Waals surface area contributed by atoms with Crippen LogP contribution in [0, 0.1) is 19.8 Å². The number of rotatable bonds is 6. The monoisotopic (exact) mass is 248 g/mol. The number of nitrogens with zero attached hydrogens (tertiary/aromatic N) is 1. The third kappa shape index (κ3) is 4.11. The average Bonchev–Trinajstić information content (AvgIpc) is 2.32. The molecule has 0 fully saturated rings. The zero-order valence-corrected chi connectivity index (χ0v) is 12.5. The first kappa shape index (κ1) is 15.2. The fourth-order valence-electron chi connectivity index (χ4n) is 2.16. The Balaban J connectivity index is 2.78. The van der Waals surface area contributed by atoms with Crippen molar-refractivity contribution in [1.82, 2.24) is 4.90 Å². The second-order valence-corrected chi connectivity index (χ2v) is 5.76. The molecule has 1 aromatic carbocycles. The van der Waals surface area contributed by atoms with Gasteiger partial charge in [-0.1, -0.05) is 32.0 Å². The van der Waals surface area contributed by atoms with Crippen molar-refractivity contribution in [3.05, 3.63) is 34.9 Å². The van der Waals surface area contributed by atoms with E-state index in [2.05, 4.69) is 57.8 Å². The molecular formula is C16H28N2. The van der Waals surface area contributed by atoms with E-state index in [1.807, 2.05) is 0 Å². The van der Waals surface area contributed by atoms with Crippen molar-refractivity contribution in [1.29, 1.82) is 0 Å². The number of hydrogen-bond acceptors (Lipinski definition) is 2. The van der Waals surface area contributed by atoms with E-state index in [1.54, 1.807) is 0 Å². The molecular weight excluding hydrogens is 220 g/mol. The highest BCUT2D eigenvalue weighted by Gasteiger charge is 2.15. The number of benzene rings is 1. The van der Waals surface area contributed by atoms with Crippen LogP contribution < -0.4 is 5.73 Å². The lowest BCUT2D eigenvalue weighted by Gasteiger charge is -2.28. The number of nitrogens with two attached hydrogens (primary N) is 1. The highest BCUT2D eigenvalue weighted by atomic mass is 15.1. The van der Waals surface area contributed by atoms with E-state index in [0.717, 1.165) is 12.5 Å². The predicted octanol–water partition coefficient (Wildman–Crippen LogP) is 3.28. The highest BCUT2D eigenvalue weighted by molar-refractivity contribution is 5.31. The van der Waals surface area contributed by atoms with Gasteiger partial charge in [-0.15, -0.1) is 0 Å². The van der Waals surface area contributed by atoms with Crippen LogP contribution in [0.1, 0.15) is 43.0 Å². The molecule has 0 amide bonds. The molecule has 0 aromatic heterocycles. The molecule has 2 N–H and O–H groups in total. The fraction of sp³-hybridized carbons (Fsp3) is 0.625. The van der Waals surface area contributed by atoms with E-state index in [4.69, 9.17) is 5.73 Å². The Morgan fingerprint density at radius 2 is 1.83 bits per heavy atom. The lowest BCUT2D eigenvalue weighted by Crippen LogP contribution is -2.31. The Hall–Kier alpha value is -0.860. The maximum absolute atomic E-state index is 5.96. The van der Waals surface area contributed by atoms with Crippen LogP contribution in [0.4, 0.5) is 0 Å². The zero-order valence-electron chi connectivity index (χ0n) is 12.5. The van der Waals surface area contributed by atoms with Crippen LogP contribution in [-0.2, 0) is 0 Å². The molecule has 2 heteroatoms. The molecule has 1 atom stereocenters. The van der Waals surface area contributed by atoms with Gasteiger partial charge in [0.25, 0.3) is 0 Å². The number of hydrogen-bond donors (Lipinski definition) is 1. The van der Waals surface area contributed by atoms with Gasteiger partial charge in [0.1, 0.15) is 0 Å². The molecule has 0 heterocycles. The summed E-state index contributed by atoms with van der Waals surface area (Å²) < 4.78 is 0. The highest BCUT2D eigenvalue weighted by Crippen LogP contribution is 2.21. The fourth-order valence-corrected chi connectivity index (χ4v) is 2.16. The van der Waals surface area contributed by atoms with Gasteiger partial charge in [0.05, 0.1) is 0 Å². The molecule has 18 heavy (non-hydrogen) atoms. The standard InChI is InChI=1S/C16H28N2/c1-12(2)8-9-18(5)16(11-17)15-7-6-13(3)14(4)10-15/h6-7,10,12,16H,8-9,11,17H2,1-5H3.